The summed E-state index contributed by atoms with van der Waals surface area (Å²) in [6.07, 6.45) is 1.63. The third kappa shape index (κ3) is 4.36. The molecule has 26 heavy (non-hydrogen) atoms. The van der Waals surface area contributed by atoms with E-state index in [1.54, 1.807) is 18.3 Å². The summed E-state index contributed by atoms with van der Waals surface area (Å²) in [6.45, 7) is 0. The van der Waals surface area contributed by atoms with E-state index in [9.17, 15) is 9.18 Å². The Labute approximate surface area is 151 Å². The average molecular weight is 350 g/mol. The van der Waals surface area contributed by atoms with Gasteiger partial charge >= 0.3 is 0 Å². The van der Waals surface area contributed by atoms with Crippen LogP contribution in [0.5, 0.6) is 0 Å². The Hall–Kier alpha value is -3.41. The van der Waals surface area contributed by atoms with E-state index in [1.807, 2.05) is 49.3 Å². The molecule has 0 fully saturated rings. The molecule has 3 aromatic rings. The van der Waals surface area contributed by atoms with Gasteiger partial charge in [0.15, 0.2) is 0 Å². The lowest BCUT2D eigenvalue weighted by Crippen LogP contribution is -2.13. The molecule has 1 amide bonds. The van der Waals surface area contributed by atoms with Crippen LogP contribution in [0.25, 0.3) is 0 Å². The monoisotopic (exact) mass is 350 g/mol. The van der Waals surface area contributed by atoms with Crippen LogP contribution in [0.1, 0.15) is 10.4 Å². The lowest BCUT2D eigenvalue weighted by molar-refractivity contribution is 0.102. The fourth-order valence-corrected chi connectivity index (χ4v) is 2.37. The van der Waals surface area contributed by atoms with Gasteiger partial charge < -0.3 is 15.5 Å². The Morgan fingerprint density at radius 2 is 1.73 bits per heavy atom. The van der Waals surface area contributed by atoms with E-state index in [4.69, 9.17) is 0 Å². The van der Waals surface area contributed by atoms with Gasteiger partial charge in [0, 0.05) is 31.0 Å². The van der Waals surface area contributed by atoms with E-state index < -0.39 is 11.7 Å². The molecule has 0 aliphatic rings. The number of pyridine rings is 1. The van der Waals surface area contributed by atoms with Crippen molar-refractivity contribution in [3.05, 3.63) is 78.2 Å². The second-order valence-electron chi connectivity index (χ2n) is 5.96. The number of carbonyl (C=O) groups excluding carboxylic acids is 1. The molecule has 0 radical (unpaired) electrons. The van der Waals surface area contributed by atoms with Gasteiger partial charge in [-0.15, -0.1) is 0 Å². The zero-order valence-corrected chi connectivity index (χ0v) is 14.5. The predicted molar refractivity (Wildman–Crippen MR) is 103 cm³/mol. The molecule has 2 N–H and O–H groups in total. The van der Waals surface area contributed by atoms with Crippen LogP contribution in [-0.4, -0.2) is 25.0 Å². The van der Waals surface area contributed by atoms with E-state index >= 15 is 0 Å². The summed E-state index contributed by atoms with van der Waals surface area (Å²) < 4.78 is 13.2. The summed E-state index contributed by atoms with van der Waals surface area (Å²) in [5.74, 6) is -0.463. The van der Waals surface area contributed by atoms with Crippen molar-refractivity contribution >= 4 is 28.8 Å². The maximum absolute atomic E-state index is 13.2. The maximum Gasteiger partial charge on any atom is 0.256 e. The predicted octanol–water partition coefficient (Wildman–Crippen LogP) is 4.28. The molecule has 6 heteroatoms. The van der Waals surface area contributed by atoms with Gasteiger partial charge in [-0.2, -0.15) is 0 Å². The third-order valence-corrected chi connectivity index (χ3v) is 3.76. The topological polar surface area (TPSA) is 57.3 Å². The van der Waals surface area contributed by atoms with Crippen LogP contribution < -0.4 is 15.5 Å². The van der Waals surface area contributed by atoms with Crippen LogP contribution in [0.2, 0.25) is 0 Å². The first-order chi connectivity index (χ1) is 12.5. The van der Waals surface area contributed by atoms with Crippen molar-refractivity contribution < 1.29 is 9.18 Å². The van der Waals surface area contributed by atoms with Crippen molar-refractivity contribution in [2.45, 2.75) is 0 Å². The van der Waals surface area contributed by atoms with Gasteiger partial charge in [0.1, 0.15) is 11.6 Å². The minimum atomic E-state index is -0.453. The second kappa shape index (κ2) is 7.65. The molecule has 1 heterocycles. The molecular formula is C20H19FN4O. The molecule has 0 spiro atoms. The fourth-order valence-electron chi connectivity index (χ4n) is 2.37. The number of nitrogens with zero attached hydrogens (tertiary/aromatic N) is 2. The van der Waals surface area contributed by atoms with Crippen molar-refractivity contribution in [3.8, 4) is 0 Å². The Morgan fingerprint density at radius 3 is 2.35 bits per heavy atom. The number of aromatic nitrogens is 1. The second-order valence-corrected chi connectivity index (χ2v) is 5.96. The zero-order chi connectivity index (χ0) is 18.5. The SMILES string of the molecule is CN(C)c1ccc(Nc2ccc(NC(=O)c3cccc(F)c3)nc2)cc1. The number of hydrogen-bond acceptors (Lipinski definition) is 4. The highest BCUT2D eigenvalue weighted by Crippen LogP contribution is 2.20. The Kier molecular flexibility index (Phi) is 5.12. The highest BCUT2D eigenvalue weighted by Gasteiger charge is 2.07. The first kappa shape index (κ1) is 17.4. The first-order valence-corrected chi connectivity index (χ1v) is 8.09. The average Bonchev–Trinajstić information content (AvgIpc) is 2.64. The van der Waals surface area contributed by atoms with Crippen LogP contribution in [0.4, 0.5) is 27.3 Å². The lowest BCUT2D eigenvalue weighted by Gasteiger charge is -2.13. The molecule has 0 saturated heterocycles. The van der Waals surface area contributed by atoms with E-state index in [0.29, 0.717) is 5.82 Å². The van der Waals surface area contributed by atoms with Crippen LogP contribution in [0.15, 0.2) is 66.9 Å². The van der Waals surface area contributed by atoms with Gasteiger partial charge in [-0.05, 0) is 54.6 Å². The molecule has 0 bridgehead atoms. The molecule has 5 nitrogen and oxygen atoms in total. The number of anilines is 4. The molecule has 2 aromatic carbocycles. The maximum atomic E-state index is 13.2. The Bertz CT molecular complexity index is 892. The van der Waals surface area contributed by atoms with Gasteiger partial charge in [-0.3, -0.25) is 4.79 Å². The molecule has 132 valence electrons. The molecule has 0 aliphatic heterocycles. The van der Waals surface area contributed by atoms with Crippen LogP contribution >= 0.6 is 0 Å². The number of carbonyl (C=O) groups is 1. The van der Waals surface area contributed by atoms with Gasteiger partial charge in [0.05, 0.1) is 11.9 Å². The molecule has 0 aliphatic carbocycles. The van der Waals surface area contributed by atoms with Crippen molar-refractivity contribution in [3.63, 3.8) is 0 Å². The highest BCUT2D eigenvalue weighted by atomic mass is 19.1. The number of benzene rings is 2. The molecule has 1 aromatic heterocycles. The minimum absolute atomic E-state index is 0.245. The van der Waals surface area contributed by atoms with Crippen molar-refractivity contribution in [2.75, 3.05) is 29.6 Å². The van der Waals surface area contributed by atoms with Crippen LogP contribution in [0.3, 0.4) is 0 Å². The molecule has 0 atom stereocenters. The summed E-state index contributed by atoms with van der Waals surface area (Å²) >= 11 is 0. The Morgan fingerprint density at radius 1 is 1.00 bits per heavy atom. The highest BCUT2D eigenvalue weighted by molar-refractivity contribution is 6.03. The summed E-state index contributed by atoms with van der Waals surface area (Å²) in [5, 5.41) is 5.89. The van der Waals surface area contributed by atoms with Gasteiger partial charge in [-0.1, -0.05) is 6.07 Å². The zero-order valence-electron chi connectivity index (χ0n) is 14.5. The Balaban J connectivity index is 1.64. The number of rotatable bonds is 5. The van der Waals surface area contributed by atoms with E-state index in [0.717, 1.165) is 17.1 Å². The van der Waals surface area contributed by atoms with Crippen molar-refractivity contribution in [1.82, 2.24) is 4.98 Å². The lowest BCUT2D eigenvalue weighted by atomic mass is 10.2. The number of amides is 1. The van der Waals surface area contributed by atoms with Crippen LogP contribution in [-0.2, 0) is 0 Å². The number of nitrogens with one attached hydrogen (secondary N) is 2. The van der Waals surface area contributed by atoms with Crippen molar-refractivity contribution in [2.24, 2.45) is 0 Å². The van der Waals surface area contributed by atoms with E-state index in [2.05, 4.69) is 15.6 Å². The summed E-state index contributed by atoms with van der Waals surface area (Å²) in [5.41, 5.74) is 3.10. The molecular weight excluding hydrogens is 331 g/mol. The number of hydrogen-bond donors (Lipinski definition) is 2. The molecule has 0 unspecified atom stereocenters. The smallest absolute Gasteiger partial charge is 0.256 e. The van der Waals surface area contributed by atoms with E-state index in [-0.39, 0.29) is 5.56 Å². The van der Waals surface area contributed by atoms with Gasteiger partial charge in [0.25, 0.3) is 5.91 Å². The normalized spacial score (nSPS) is 10.3. The minimum Gasteiger partial charge on any atom is -0.378 e. The van der Waals surface area contributed by atoms with Gasteiger partial charge in [0.2, 0.25) is 0 Å². The summed E-state index contributed by atoms with van der Waals surface area (Å²) in [7, 11) is 3.98. The fraction of sp³-hybridized carbons (Fsp3) is 0.100. The standard InChI is InChI=1S/C20H19FN4O/c1-25(2)18-9-6-16(7-10-18)23-17-8-11-19(22-13-17)24-20(26)14-4-3-5-15(21)12-14/h3-13,23H,1-2H3,(H,22,24,26). The summed E-state index contributed by atoms with van der Waals surface area (Å²) in [4.78, 5) is 18.3. The first-order valence-electron chi connectivity index (χ1n) is 8.09. The largest absolute Gasteiger partial charge is 0.378 e. The quantitative estimate of drug-likeness (QED) is 0.721. The molecule has 0 saturated carbocycles. The molecule has 3 rings (SSSR count). The van der Waals surface area contributed by atoms with Gasteiger partial charge in [-0.25, -0.2) is 9.37 Å². The van der Waals surface area contributed by atoms with Crippen LogP contribution in [0, 0.1) is 5.82 Å². The number of halogens is 1. The van der Waals surface area contributed by atoms with Crippen molar-refractivity contribution in [1.29, 1.82) is 0 Å². The van der Waals surface area contributed by atoms with E-state index in [1.165, 1.54) is 18.2 Å². The summed E-state index contributed by atoms with van der Waals surface area (Å²) in [6, 6.07) is 17.0. The third-order valence-electron chi connectivity index (χ3n) is 3.76.